The Hall–Kier alpha value is -3.47. The van der Waals surface area contributed by atoms with E-state index in [0.717, 1.165) is 27.6 Å². The summed E-state index contributed by atoms with van der Waals surface area (Å²) in [6, 6.07) is 21.6. The molecule has 0 aliphatic carbocycles. The van der Waals surface area contributed by atoms with Gasteiger partial charge in [0.1, 0.15) is 0 Å². The van der Waals surface area contributed by atoms with E-state index in [4.69, 9.17) is 0 Å². The molecule has 0 fully saturated rings. The Balaban J connectivity index is 1.57. The van der Waals surface area contributed by atoms with Gasteiger partial charge in [-0.25, -0.2) is 5.43 Å². The molecule has 0 aromatic heterocycles. The fourth-order valence-electron chi connectivity index (χ4n) is 3.40. The van der Waals surface area contributed by atoms with Crippen LogP contribution < -0.4 is 10.7 Å². The van der Waals surface area contributed by atoms with Crippen LogP contribution in [0.1, 0.15) is 44.2 Å². The molecule has 0 aliphatic heterocycles. The fourth-order valence-corrected chi connectivity index (χ4v) is 3.40. The highest BCUT2D eigenvalue weighted by Crippen LogP contribution is 2.23. The molecule has 2 N–H and O–H groups in total. The second-order valence-electron chi connectivity index (χ2n) is 7.66. The van der Waals surface area contributed by atoms with E-state index >= 15 is 0 Å². The van der Waals surface area contributed by atoms with E-state index < -0.39 is 0 Å². The number of hydrogen-bond acceptors (Lipinski definition) is 3. The number of hydrogen-bond donors (Lipinski definition) is 2. The molecule has 5 nitrogen and oxygen atoms in total. The Labute approximate surface area is 177 Å². The van der Waals surface area contributed by atoms with Crippen LogP contribution in [0.15, 0.2) is 71.8 Å². The first-order chi connectivity index (χ1) is 14.4. The molecule has 0 atom stereocenters. The predicted molar refractivity (Wildman–Crippen MR) is 123 cm³/mol. The summed E-state index contributed by atoms with van der Waals surface area (Å²) < 4.78 is 0. The summed E-state index contributed by atoms with van der Waals surface area (Å²) in [6.07, 6.45) is 0.340. The summed E-state index contributed by atoms with van der Waals surface area (Å²) in [5, 5.41) is 9.19. The Kier molecular flexibility index (Phi) is 6.96. The number of anilines is 1. The molecule has 0 aliphatic rings. The van der Waals surface area contributed by atoms with Crippen molar-refractivity contribution >= 4 is 34.0 Å². The van der Waals surface area contributed by atoms with E-state index in [1.54, 1.807) is 6.92 Å². The van der Waals surface area contributed by atoms with Crippen molar-refractivity contribution < 1.29 is 9.59 Å². The fraction of sp³-hybridized carbons (Fsp3) is 0.240. The monoisotopic (exact) mass is 401 g/mol. The van der Waals surface area contributed by atoms with Gasteiger partial charge in [0.05, 0.1) is 12.8 Å². The normalized spacial score (nSPS) is 11.5. The minimum Gasteiger partial charge on any atom is -0.325 e. The van der Waals surface area contributed by atoms with Gasteiger partial charge in [0.25, 0.3) is 0 Å². The smallest absolute Gasteiger partial charge is 0.244 e. The maximum Gasteiger partial charge on any atom is 0.244 e. The first kappa shape index (κ1) is 21.2. The number of hydrazone groups is 1. The van der Waals surface area contributed by atoms with E-state index in [0.29, 0.717) is 11.6 Å². The molecule has 0 spiro atoms. The summed E-state index contributed by atoms with van der Waals surface area (Å²) in [5.41, 5.74) is 5.95. The number of para-hydroxylation sites is 1. The lowest BCUT2D eigenvalue weighted by atomic mass is 10.0. The molecule has 154 valence electrons. The predicted octanol–water partition coefficient (Wildman–Crippen LogP) is 5.03. The Bertz CT molecular complexity index is 1080. The van der Waals surface area contributed by atoms with Gasteiger partial charge in [-0.3, -0.25) is 9.59 Å². The Morgan fingerprint density at radius 2 is 1.60 bits per heavy atom. The molecule has 30 heavy (non-hydrogen) atoms. The quantitative estimate of drug-likeness (QED) is 0.431. The number of carbonyl (C=O) groups excluding carboxylic acids is 2. The van der Waals surface area contributed by atoms with E-state index in [-0.39, 0.29) is 24.7 Å². The van der Waals surface area contributed by atoms with Gasteiger partial charge in [0.2, 0.25) is 11.8 Å². The van der Waals surface area contributed by atoms with Gasteiger partial charge in [-0.15, -0.1) is 0 Å². The van der Waals surface area contributed by atoms with E-state index in [1.807, 2.05) is 66.7 Å². The Morgan fingerprint density at radius 3 is 2.40 bits per heavy atom. The zero-order chi connectivity index (χ0) is 21.5. The average Bonchev–Trinajstić information content (AvgIpc) is 2.73. The van der Waals surface area contributed by atoms with Crippen LogP contribution in [0.2, 0.25) is 0 Å². The summed E-state index contributed by atoms with van der Waals surface area (Å²) >= 11 is 0. The van der Waals surface area contributed by atoms with Crippen LogP contribution in [0, 0.1) is 0 Å². The molecule has 0 radical (unpaired) electrons. The van der Waals surface area contributed by atoms with Crippen LogP contribution in [0.4, 0.5) is 5.69 Å². The second-order valence-corrected chi connectivity index (χ2v) is 7.66. The molecule has 5 heteroatoms. The van der Waals surface area contributed by atoms with Crippen LogP contribution >= 0.6 is 0 Å². The lowest BCUT2D eigenvalue weighted by Gasteiger charge is -2.13. The first-order valence-corrected chi connectivity index (χ1v) is 10.1. The second kappa shape index (κ2) is 9.83. The highest BCUT2D eigenvalue weighted by molar-refractivity contribution is 6.06. The number of carbonyl (C=O) groups is 2. The highest BCUT2D eigenvalue weighted by Gasteiger charge is 2.11. The third-order valence-corrected chi connectivity index (χ3v) is 4.88. The molecule has 0 heterocycles. The van der Waals surface area contributed by atoms with Crippen LogP contribution in [0.5, 0.6) is 0 Å². The number of rotatable bonds is 7. The average molecular weight is 402 g/mol. The standard InChI is InChI=1S/C25H27N3O2/c1-17(2)21-12-6-7-14-23(21)26-24(29)15-18(3)27-28-25(30)16-20-11-8-10-19-9-4-5-13-22(19)20/h4-14,17H,15-16H2,1-3H3,(H,26,29)(H,28,30)/b27-18-. The van der Waals surface area contributed by atoms with Crippen molar-refractivity contribution in [2.75, 3.05) is 5.32 Å². The maximum absolute atomic E-state index is 12.4. The molecule has 0 saturated carbocycles. The van der Waals surface area contributed by atoms with Crippen molar-refractivity contribution in [3.05, 3.63) is 77.9 Å². The molecule has 2 amide bonds. The Morgan fingerprint density at radius 1 is 0.900 bits per heavy atom. The van der Waals surface area contributed by atoms with Crippen molar-refractivity contribution in [2.24, 2.45) is 5.10 Å². The van der Waals surface area contributed by atoms with Gasteiger partial charge in [0.15, 0.2) is 0 Å². The van der Waals surface area contributed by atoms with Gasteiger partial charge >= 0.3 is 0 Å². The number of amides is 2. The zero-order valence-corrected chi connectivity index (χ0v) is 17.6. The number of benzene rings is 3. The molecule has 0 unspecified atom stereocenters. The third-order valence-electron chi connectivity index (χ3n) is 4.88. The van der Waals surface area contributed by atoms with Gasteiger partial charge < -0.3 is 5.32 Å². The summed E-state index contributed by atoms with van der Waals surface area (Å²) in [4.78, 5) is 24.7. The van der Waals surface area contributed by atoms with E-state index in [9.17, 15) is 9.59 Å². The number of nitrogens with one attached hydrogen (secondary N) is 2. The van der Waals surface area contributed by atoms with Crippen molar-refractivity contribution in [3.8, 4) is 0 Å². The lowest BCUT2D eigenvalue weighted by molar-refractivity contribution is -0.120. The number of nitrogens with zero attached hydrogens (tertiary/aromatic N) is 1. The maximum atomic E-state index is 12.4. The van der Waals surface area contributed by atoms with Crippen molar-refractivity contribution in [2.45, 2.75) is 39.5 Å². The van der Waals surface area contributed by atoms with E-state index in [2.05, 4.69) is 29.7 Å². The zero-order valence-electron chi connectivity index (χ0n) is 17.6. The van der Waals surface area contributed by atoms with Gasteiger partial charge in [-0.1, -0.05) is 74.5 Å². The van der Waals surface area contributed by atoms with Crippen LogP contribution in [-0.2, 0) is 16.0 Å². The molecule has 3 rings (SSSR count). The highest BCUT2D eigenvalue weighted by atomic mass is 16.2. The minimum absolute atomic E-state index is 0.112. The van der Waals surface area contributed by atoms with Crippen LogP contribution in [0.25, 0.3) is 10.8 Å². The van der Waals surface area contributed by atoms with Crippen LogP contribution in [-0.4, -0.2) is 17.5 Å². The summed E-state index contributed by atoms with van der Waals surface area (Å²) in [5.74, 6) is -0.0615. The first-order valence-electron chi connectivity index (χ1n) is 10.1. The molecule has 0 bridgehead atoms. The van der Waals surface area contributed by atoms with Crippen LogP contribution in [0.3, 0.4) is 0 Å². The largest absolute Gasteiger partial charge is 0.325 e. The molecule has 3 aromatic rings. The molecular formula is C25H27N3O2. The topological polar surface area (TPSA) is 70.6 Å². The summed E-state index contributed by atoms with van der Waals surface area (Å²) in [7, 11) is 0. The van der Waals surface area contributed by atoms with Gasteiger partial charge in [-0.2, -0.15) is 5.10 Å². The third kappa shape index (κ3) is 5.54. The summed E-state index contributed by atoms with van der Waals surface area (Å²) in [6.45, 7) is 5.90. The number of fused-ring (bicyclic) bond motifs is 1. The van der Waals surface area contributed by atoms with E-state index in [1.165, 1.54) is 0 Å². The van der Waals surface area contributed by atoms with Crippen molar-refractivity contribution in [1.82, 2.24) is 5.43 Å². The molecule has 0 saturated heterocycles. The SMILES string of the molecule is C/C(CC(=O)Nc1ccccc1C(C)C)=N/NC(=O)Cc1cccc2ccccc12. The minimum atomic E-state index is -0.212. The molecular weight excluding hydrogens is 374 g/mol. The van der Waals surface area contributed by atoms with Gasteiger partial charge in [-0.05, 0) is 40.8 Å². The van der Waals surface area contributed by atoms with Crippen molar-refractivity contribution in [1.29, 1.82) is 0 Å². The molecule has 3 aromatic carbocycles. The lowest BCUT2D eigenvalue weighted by Crippen LogP contribution is -2.23. The van der Waals surface area contributed by atoms with Crippen molar-refractivity contribution in [3.63, 3.8) is 0 Å². The van der Waals surface area contributed by atoms with Gasteiger partial charge in [0, 0.05) is 11.4 Å².